The molecule has 21 heavy (non-hydrogen) atoms. The highest BCUT2D eigenvalue weighted by atomic mass is 19.3. The SMILES string of the molecule is O=[N+]([O-])c1ccc(Oc2ccc(CO)cc2)c(C(F)F)c1. The number of hydrogen-bond donors (Lipinski definition) is 1. The molecular formula is C14H11F2NO4. The molecule has 0 atom stereocenters. The van der Waals surface area contributed by atoms with E-state index in [1.807, 2.05) is 0 Å². The molecule has 0 spiro atoms. The van der Waals surface area contributed by atoms with Gasteiger partial charge in [0.2, 0.25) is 0 Å². The monoisotopic (exact) mass is 295 g/mol. The molecule has 7 heteroatoms. The molecular weight excluding hydrogens is 284 g/mol. The van der Waals surface area contributed by atoms with Gasteiger partial charge in [-0.1, -0.05) is 12.1 Å². The number of rotatable bonds is 5. The van der Waals surface area contributed by atoms with Crippen LogP contribution < -0.4 is 4.74 Å². The number of aliphatic hydroxyl groups is 1. The molecule has 0 saturated carbocycles. The fourth-order valence-electron chi connectivity index (χ4n) is 1.70. The molecule has 110 valence electrons. The van der Waals surface area contributed by atoms with Crippen molar-refractivity contribution >= 4 is 5.69 Å². The van der Waals surface area contributed by atoms with E-state index in [9.17, 15) is 18.9 Å². The van der Waals surface area contributed by atoms with Crippen LogP contribution in [0.4, 0.5) is 14.5 Å². The van der Waals surface area contributed by atoms with Crippen LogP contribution in [0.2, 0.25) is 0 Å². The normalized spacial score (nSPS) is 10.7. The number of benzene rings is 2. The van der Waals surface area contributed by atoms with E-state index in [1.165, 1.54) is 12.1 Å². The maximum absolute atomic E-state index is 13.0. The average Bonchev–Trinajstić information content (AvgIpc) is 2.48. The molecule has 5 nitrogen and oxygen atoms in total. The average molecular weight is 295 g/mol. The molecule has 0 bridgehead atoms. The predicted octanol–water partition coefficient (Wildman–Crippen LogP) is 3.82. The zero-order valence-electron chi connectivity index (χ0n) is 10.7. The molecule has 2 rings (SSSR count). The number of aliphatic hydroxyl groups excluding tert-OH is 1. The van der Waals surface area contributed by atoms with Gasteiger partial charge in [0, 0.05) is 12.1 Å². The summed E-state index contributed by atoms with van der Waals surface area (Å²) in [7, 11) is 0. The Morgan fingerprint density at radius 2 is 1.86 bits per heavy atom. The summed E-state index contributed by atoms with van der Waals surface area (Å²) in [6.07, 6.45) is -2.89. The molecule has 2 aromatic carbocycles. The number of nitro groups is 1. The first-order valence-corrected chi connectivity index (χ1v) is 5.95. The van der Waals surface area contributed by atoms with Crippen molar-refractivity contribution in [2.75, 3.05) is 0 Å². The van der Waals surface area contributed by atoms with E-state index in [1.54, 1.807) is 12.1 Å². The number of nitrogens with zero attached hydrogens (tertiary/aromatic N) is 1. The Hall–Kier alpha value is -2.54. The zero-order chi connectivity index (χ0) is 15.4. The molecule has 0 heterocycles. The Bertz CT molecular complexity index is 644. The fourth-order valence-corrected chi connectivity index (χ4v) is 1.70. The summed E-state index contributed by atoms with van der Waals surface area (Å²) < 4.78 is 31.2. The quantitative estimate of drug-likeness (QED) is 0.672. The number of hydrogen-bond acceptors (Lipinski definition) is 4. The van der Waals surface area contributed by atoms with Gasteiger partial charge in [-0.15, -0.1) is 0 Å². The van der Waals surface area contributed by atoms with E-state index in [-0.39, 0.29) is 12.4 Å². The summed E-state index contributed by atoms with van der Waals surface area (Å²) in [6.45, 7) is -0.139. The summed E-state index contributed by atoms with van der Waals surface area (Å²) in [5.74, 6) is 0.148. The molecule has 0 aliphatic heterocycles. The van der Waals surface area contributed by atoms with Gasteiger partial charge in [-0.2, -0.15) is 0 Å². The summed E-state index contributed by atoms with van der Waals surface area (Å²) in [5, 5.41) is 19.5. The van der Waals surface area contributed by atoms with Gasteiger partial charge in [0.25, 0.3) is 12.1 Å². The Kier molecular flexibility index (Phi) is 4.44. The Morgan fingerprint density at radius 1 is 1.19 bits per heavy atom. The minimum Gasteiger partial charge on any atom is -0.457 e. The maximum atomic E-state index is 13.0. The highest BCUT2D eigenvalue weighted by Gasteiger charge is 2.19. The van der Waals surface area contributed by atoms with Gasteiger partial charge in [-0.25, -0.2) is 8.78 Å². The molecule has 0 fully saturated rings. The first-order chi connectivity index (χ1) is 10.0. The van der Waals surface area contributed by atoms with E-state index in [0.717, 1.165) is 18.2 Å². The summed E-state index contributed by atoms with van der Waals surface area (Å²) >= 11 is 0. The number of alkyl halides is 2. The van der Waals surface area contributed by atoms with Gasteiger partial charge in [0.15, 0.2) is 0 Å². The third-order valence-corrected chi connectivity index (χ3v) is 2.77. The lowest BCUT2D eigenvalue weighted by Crippen LogP contribution is -1.96. The van der Waals surface area contributed by atoms with Crippen molar-refractivity contribution in [3.8, 4) is 11.5 Å². The van der Waals surface area contributed by atoms with E-state index in [4.69, 9.17) is 9.84 Å². The first-order valence-electron chi connectivity index (χ1n) is 5.95. The third kappa shape index (κ3) is 3.51. The zero-order valence-corrected chi connectivity index (χ0v) is 10.7. The van der Waals surface area contributed by atoms with Crippen molar-refractivity contribution < 1.29 is 23.5 Å². The van der Waals surface area contributed by atoms with Crippen LogP contribution in [0.25, 0.3) is 0 Å². The van der Waals surface area contributed by atoms with E-state index in [2.05, 4.69) is 0 Å². The number of ether oxygens (including phenoxy) is 1. The lowest BCUT2D eigenvalue weighted by atomic mass is 10.2. The number of halogens is 2. The second-order valence-electron chi connectivity index (χ2n) is 4.18. The molecule has 0 aliphatic rings. The topological polar surface area (TPSA) is 72.6 Å². The molecule has 0 aliphatic carbocycles. The van der Waals surface area contributed by atoms with Crippen LogP contribution in [0.5, 0.6) is 11.5 Å². The second-order valence-corrected chi connectivity index (χ2v) is 4.18. The fraction of sp³-hybridized carbons (Fsp3) is 0.143. The van der Waals surface area contributed by atoms with E-state index >= 15 is 0 Å². The second kappa shape index (κ2) is 6.27. The Labute approximate surface area is 118 Å². The van der Waals surface area contributed by atoms with Crippen molar-refractivity contribution in [2.24, 2.45) is 0 Å². The largest absolute Gasteiger partial charge is 0.457 e. The minimum atomic E-state index is -2.89. The van der Waals surface area contributed by atoms with Gasteiger partial charge < -0.3 is 9.84 Å². The van der Waals surface area contributed by atoms with Gasteiger partial charge in [0.05, 0.1) is 17.1 Å². The van der Waals surface area contributed by atoms with Crippen molar-refractivity contribution in [3.05, 3.63) is 63.7 Å². The van der Waals surface area contributed by atoms with Gasteiger partial charge >= 0.3 is 0 Å². The molecule has 0 aromatic heterocycles. The van der Waals surface area contributed by atoms with Gasteiger partial charge in [0.1, 0.15) is 11.5 Å². The molecule has 0 radical (unpaired) electrons. The molecule has 1 N–H and O–H groups in total. The number of nitro benzene ring substituents is 1. The molecule has 0 amide bonds. The van der Waals surface area contributed by atoms with Gasteiger partial charge in [-0.05, 0) is 23.8 Å². The van der Waals surface area contributed by atoms with Gasteiger partial charge in [-0.3, -0.25) is 10.1 Å². The summed E-state index contributed by atoms with van der Waals surface area (Å²) in [6, 6.07) is 9.24. The van der Waals surface area contributed by atoms with Crippen LogP contribution in [0, 0.1) is 10.1 Å². The number of non-ortho nitro benzene ring substituents is 1. The maximum Gasteiger partial charge on any atom is 0.270 e. The molecule has 2 aromatic rings. The van der Waals surface area contributed by atoms with Crippen LogP contribution in [0.3, 0.4) is 0 Å². The predicted molar refractivity (Wildman–Crippen MR) is 70.5 cm³/mol. The van der Waals surface area contributed by atoms with Crippen LogP contribution in [-0.4, -0.2) is 10.0 Å². The summed E-state index contributed by atoms with van der Waals surface area (Å²) in [5.41, 5.74) is -0.316. The van der Waals surface area contributed by atoms with Crippen molar-refractivity contribution in [1.82, 2.24) is 0 Å². The van der Waals surface area contributed by atoms with Crippen molar-refractivity contribution in [3.63, 3.8) is 0 Å². The van der Waals surface area contributed by atoms with E-state index in [0.29, 0.717) is 11.3 Å². The Morgan fingerprint density at radius 3 is 2.38 bits per heavy atom. The molecule has 0 unspecified atom stereocenters. The van der Waals surface area contributed by atoms with Crippen LogP contribution in [0.15, 0.2) is 42.5 Å². The standard InChI is InChI=1S/C14H11F2NO4/c15-14(16)12-7-10(17(19)20)3-6-13(12)21-11-4-1-9(8-18)2-5-11/h1-7,14,18H,8H2. The minimum absolute atomic E-state index is 0.139. The highest BCUT2D eigenvalue weighted by Crippen LogP contribution is 2.35. The summed E-state index contributed by atoms with van der Waals surface area (Å²) in [4.78, 5) is 9.87. The first kappa shape index (κ1) is 14.9. The lowest BCUT2D eigenvalue weighted by Gasteiger charge is -2.10. The van der Waals surface area contributed by atoms with Crippen molar-refractivity contribution in [2.45, 2.75) is 13.0 Å². The Balaban J connectivity index is 2.31. The third-order valence-electron chi connectivity index (χ3n) is 2.77. The lowest BCUT2D eigenvalue weighted by molar-refractivity contribution is -0.385. The highest BCUT2D eigenvalue weighted by molar-refractivity contribution is 5.46. The van der Waals surface area contributed by atoms with Crippen molar-refractivity contribution in [1.29, 1.82) is 0 Å². The smallest absolute Gasteiger partial charge is 0.270 e. The van der Waals surface area contributed by atoms with Crippen LogP contribution in [-0.2, 0) is 6.61 Å². The van der Waals surface area contributed by atoms with E-state index < -0.39 is 22.6 Å². The van der Waals surface area contributed by atoms with Crippen LogP contribution >= 0.6 is 0 Å². The molecule has 0 saturated heterocycles. The van der Waals surface area contributed by atoms with Crippen LogP contribution in [0.1, 0.15) is 17.6 Å².